The van der Waals surface area contributed by atoms with Gasteiger partial charge in [-0.25, -0.2) is 4.98 Å². The topological polar surface area (TPSA) is 65.4 Å². The van der Waals surface area contributed by atoms with Crippen molar-refractivity contribution in [2.75, 3.05) is 6.54 Å². The van der Waals surface area contributed by atoms with Crippen LogP contribution in [-0.4, -0.2) is 27.8 Å². The van der Waals surface area contributed by atoms with E-state index in [2.05, 4.69) is 10.3 Å². The molecule has 0 aliphatic heterocycles. The lowest BCUT2D eigenvalue weighted by molar-refractivity contribution is -0.137. The van der Waals surface area contributed by atoms with Gasteiger partial charge >= 0.3 is 6.18 Å². The zero-order valence-corrected chi connectivity index (χ0v) is 13.2. The first-order valence-electron chi connectivity index (χ1n) is 6.97. The molecule has 1 heterocycles. The van der Waals surface area contributed by atoms with E-state index in [1.54, 1.807) is 24.3 Å². The molecule has 4 nitrogen and oxygen atoms in total. The maximum Gasteiger partial charge on any atom is 0.443 e. The van der Waals surface area contributed by atoms with Gasteiger partial charge in [0.2, 0.25) is 0 Å². The van der Waals surface area contributed by atoms with Crippen molar-refractivity contribution in [2.45, 2.75) is 31.7 Å². The van der Waals surface area contributed by atoms with Crippen molar-refractivity contribution in [1.82, 2.24) is 10.3 Å². The predicted molar refractivity (Wildman–Crippen MR) is 81.4 cm³/mol. The van der Waals surface area contributed by atoms with Crippen LogP contribution < -0.4 is 5.32 Å². The number of nitrogens with one attached hydrogen (secondary N) is 1. The fraction of sp³-hybridized carbons (Fsp3) is 0.400. The van der Waals surface area contributed by atoms with E-state index in [9.17, 15) is 23.4 Å². The van der Waals surface area contributed by atoms with Gasteiger partial charge in [0.15, 0.2) is 5.01 Å². The fourth-order valence-electron chi connectivity index (χ4n) is 2.04. The van der Waals surface area contributed by atoms with Gasteiger partial charge < -0.3 is 15.5 Å². The molecular weight excluding hydrogens is 329 g/mol. The van der Waals surface area contributed by atoms with Crippen LogP contribution >= 0.6 is 11.3 Å². The Morgan fingerprint density at radius 2 is 1.91 bits per heavy atom. The summed E-state index contributed by atoms with van der Waals surface area (Å²) in [5.41, 5.74) is 1.02. The number of phenolic OH excluding ortho intramolecular Hbond substituents is 1. The number of rotatable bonds is 6. The number of halogens is 3. The molecule has 126 valence electrons. The zero-order valence-electron chi connectivity index (χ0n) is 12.3. The average molecular weight is 346 g/mol. The number of alkyl halides is 3. The van der Waals surface area contributed by atoms with Crippen LogP contribution in [0.25, 0.3) is 0 Å². The Balaban J connectivity index is 1.84. The molecule has 0 saturated carbocycles. The van der Waals surface area contributed by atoms with E-state index in [-0.39, 0.29) is 24.0 Å². The minimum atomic E-state index is -4.48. The average Bonchev–Trinajstić information content (AvgIpc) is 2.97. The van der Waals surface area contributed by atoms with Crippen LogP contribution in [0.2, 0.25) is 0 Å². The predicted octanol–water partition coefficient (Wildman–Crippen LogP) is 3.12. The highest BCUT2D eigenvalue weighted by atomic mass is 32.1. The minimum Gasteiger partial charge on any atom is -0.508 e. The first-order chi connectivity index (χ1) is 10.8. The summed E-state index contributed by atoms with van der Waals surface area (Å²) in [5.74, 6) is 0.189. The molecule has 0 aliphatic rings. The summed E-state index contributed by atoms with van der Waals surface area (Å²) in [7, 11) is 0. The minimum absolute atomic E-state index is 0.00918. The second-order valence-corrected chi connectivity index (χ2v) is 6.13. The summed E-state index contributed by atoms with van der Waals surface area (Å²) in [6.07, 6.45) is -4.91. The molecule has 8 heteroatoms. The number of aromatic hydroxyl groups is 1. The highest BCUT2D eigenvalue weighted by molar-refractivity contribution is 7.09. The maximum atomic E-state index is 12.5. The number of aliphatic hydroxyl groups is 1. The summed E-state index contributed by atoms with van der Waals surface area (Å²) in [6, 6.07) is 6.77. The lowest BCUT2D eigenvalue weighted by atomic mass is 10.1. The van der Waals surface area contributed by atoms with Crippen molar-refractivity contribution in [3.05, 3.63) is 45.9 Å². The fourth-order valence-corrected chi connectivity index (χ4v) is 2.78. The molecule has 2 unspecified atom stereocenters. The summed E-state index contributed by atoms with van der Waals surface area (Å²) in [4.78, 5) is 3.43. The number of aliphatic hydroxyl groups excluding tert-OH is 1. The normalized spacial score (nSPS) is 14.7. The Hall–Kier alpha value is -1.64. The highest BCUT2D eigenvalue weighted by Crippen LogP contribution is 2.32. The van der Waals surface area contributed by atoms with Crippen molar-refractivity contribution >= 4 is 11.3 Å². The number of nitrogens with zero attached hydrogens (tertiary/aromatic N) is 1. The second-order valence-electron chi connectivity index (χ2n) is 5.27. The van der Waals surface area contributed by atoms with Crippen molar-refractivity contribution in [2.24, 2.45) is 0 Å². The molecule has 1 aromatic heterocycles. The van der Waals surface area contributed by atoms with Gasteiger partial charge in [-0.1, -0.05) is 12.1 Å². The largest absolute Gasteiger partial charge is 0.508 e. The standard InChI is InChI=1S/C15H17F3N2O2S/c1-9(6-10-2-4-11(21)5-3-10)19-7-13(22)12-8-23-14(20-12)15(16,17)18/h2-5,8-9,13,19,21-22H,6-7H2,1H3. The Labute approximate surface area is 135 Å². The van der Waals surface area contributed by atoms with Crippen LogP contribution in [0.4, 0.5) is 13.2 Å². The quantitative estimate of drug-likeness (QED) is 0.752. The number of benzene rings is 1. The van der Waals surface area contributed by atoms with Gasteiger partial charge in [-0.15, -0.1) is 11.3 Å². The van der Waals surface area contributed by atoms with Crippen molar-refractivity contribution < 1.29 is 23.4 Å². The molecule has 0 fully saturated rings. The summed E-state index contributed by atoms with van der Waals surface area (Å²) in [5, 5.41) is 22.5. The lowest BCUT2D eigenvalue weighted by Gasteiger charge is -2.16. The molecule has 2 rings (SSSR count). The van der Waals surface area contributed by atoms with E-state index < -0.39 is 17.3 Å². The zero-order chi connectivity index (χ0) is 17.0. The molecule has 1 aromatic carbocycles. The number of phenols is 1. The Morgan fingerprint density at radius 3 is 2.48 bits per heavy atom. The first kappa shape index (κ1) is 17.7. The molecule has 23 heavy (non-hydrogen) atoms. The van der Waals surface area contributed by atoms with Gasteiger partial charge in [0.25, 0.3) is 0 Å². The molecule has 0 spiro atoms. The van der Waals surface area contributed by atoms with E-state index in [0.717, 1.165) is 5.56 Å². The van der Waals surface area contributed by atoms with Gasteiger partial charge in [-0.05, 0) is 31.0 Å². The number of hydrogen-bond donors (Lipinski definition) is 3. The third kappa shape index (κ3) is 5.19. The summed E-state index contributed by atoms with van der Waals surface area (Å²) < 4.78 is 37.4. The van der Waals surface area contributed by atoms with Crippen LogP contribution in [0.3, 0.4) is 0 Å². The van der Waals surface area contributed by atoms with E-state index >= 15 is 0 Å². The first-order valence-corrected chi connectivity index (χ1v) is 7.85. The molecule has 3 N–H and O–H groups in total. The van der Waals surface area contributed by atoms with Crippen LogP contribution in [0.1, 0.15) is 29.3 Å². The van der Waals surface area contributed by atoms with E-state index in [1.807, 2.05) is 6.92 Å². The molecule has 0 bridgehead atoms. The Kier molecular flexibility index (Phi) is 5.61. The van der Waals surface area contributed by atoms with Crippen LogP contribution in [0.5, 0.6) is 5.75 Å². The monoisotopic (exact) mass is 346 g/mol. The molecule has 0 radical (unpaired) electrons. The van der Waals surface area contributed by atoms with Gasteiger partial charge in [-0.3, -0.25) is 0 Å². The third-order valence-corrected chi connectivity index (χ3v) is 4.15. The Morgan fingerprint density at radius 1 is 1.26 bits per heavy atom. The van der Waals surface area contributed by atoms with Crippen molar-refractivity contribution in [3.8, 4) is 5.75 Å². The van der Waals surface area contributed by atoms with Crippen LogP contribution in [0, 0.1) is 0 Å². The molecule has 0 amide bonds. The molecule has 0 aliphatic carbocycles. The Bertz CT molecular complexity index is 628. The number of aromatic nitrogens is 1. The smallest absolute Gasteiger partial charge is 0.443 e. The van der Waals surface area contributed by atoms with E-state index in [0.29, 0.717) is 17.8 Å². The molecule has 0 saturated heterocycles. The van der Waals surface area contributed by atoms with E-state index in [4.69, 9.17) is 0 Å². The van der Waals surface area contributed by atoms with Crippen LogP contribution in [-0.2, 0) is 12.6 Å². The second kappa shape index (κ2) is 7.29. The van der Waals surface area contributed by atoms with Crippen LogP contribution in [0.15, 0.2) is 29.6 Å². The van der Waals surface area contributed by atoms with Gasteiger partial charge in [-0.2, -0.15) is 13.2 Å². The summed E-state index contributed by atoms with van der Waals surface area (Å²) >= 11 is 0.475. The molecular formula is C15H17F3N2O2S. The van der Waals surface area contributed by atoms with Gasteiger partial charge in [0.05, 0.1) is 5.69 Å². The number of hydrogen-bond acceptors (Lipinski definition) is 5. The SMILES string of the molecule is CC(Cc1ccc(O)cc1)NCC(O)c1csc(C(F)(F)F)n1. The summed E-state index contributed by atoms with van der Waals surface area (Å²) in [6.45, 7) is 2.02. The molecule has 2 aromatic rings. The van der Waals surface area contributed by atoms with Gasteiger partial charge in [0, 0.05) is 18.0 Å². The third-order valence-electron chi connectivity index (χ3n) is 3.24. The number of thiazole rings is 1. The highest BCUT2D eigenvalue weighted by Gasteiger charge is 2.35. The van der Waals surface area contributed by atoms with Gasteiger partial charge in [0.1, 0.15) is 11.9 Å². The molecule has 2 atom stereocenters. The van der Waals surface area contributed by atoms with Crippen molar-refractivity contribution in [3.63, 3.8) is 0 Å². The van der Waals surface area contributed by atoms with E-state index in [1.165, 1.54) is 5.38 Å². The maximum absolute atomic E-state index is 12.5. The lowest BCUT2D eigenvalue weighted by Crippen LogP contribution is -2.32. The van der Waals surface area contributed by atoms with Crippen molar-refractivity contribution in [1.29, 1.82) is 0 Å².